The van der Waals surface area contributed by atoms with E-state index in [1.807, 2.05) is 11.8 Å². The first-order chi connectivity index (χ1) is 6.23. The molecule has 13 heavy (non-hydrogen) atoms. The lowest BCUT2D eigenvalue weighted by atomic mass is 9.80. The molecule has 1 aliphatic heterocycles. The highest BCUT2D eigenvalue weighted by atomic mass is 32.2. The number of hydrogen-bond acceptors (Lipinski definition) is 3. The summed E-state index contributed by atoms with van der Waals surface area (Å²) in [5.41, 5.74) is 5.26. The number of thioether (sulfide) groups is 1. The molecular weight excluding hydrogens is 182 g/mol. The molecule has 0 radical (unpaired) electrons. The average Bonchev–Trinajstić information content (AvgIpc) is 2.15. The molecule has 3 heteroatoms. The average molecular weight is 203 g/mol. The molecular formula is C10H21NOS. The first-order valence-electron chi connectivity index (χ1n) is 5.23. The second-order valence-corrected chi connectivity index (χ2v) is 5.16. The van der Waals surface area contributed by atoms with Crippen molar-refractivity contribution in [2.45, 2.75) is 38.2 Å². The van der Waals surface area contributed by atoms with E-state index < -0.39 is 5.60 Å². The minimum atomic E-state index is -0.448. The molecule has 2 nitrogen and oxygen atoms in total. The molecule has 78 valence electrons. The van der Waals surface area contributed by atoms with Crippen LogP contribution in [0.2, 0.25) is 0 Å². The van der Waals surface area contributed by atoms with Gasteiger partial charge < -0.3 is 10.8 Å². The molecule has 1 saturated heterocycles. The fraction of sp³-hybridized carbons (Fsp3) is 1.00. The fourth-order valence-corrected chi connectivity index (χ4v) is 3.29. The van der Waals surface area contributed by atoms with E-state index in [0.29, 0.717) is 12.5 Å². The SMILES string of the molecule is CCCC(CN)C1(O)CCSCC1. The Morgan fingerprint density at radius 3 is 2.54 bits per heavy atom. The van der Waals surface area contributed by atoms with Crippen molar-refractivity contribution in [3.05, 3.63) is 0 Å². The van der Waals surface area contributed by atoms with Gasteiger partial charge in [-0.2, -0.15) is 11.8 Å². The van der Waals surface area contributed by atoms with Crippen molar-refractivity contribution >= 4 is 11.8 Å². The third-order valence-electron chi connectivity index (χ3n) is 3.04. The van der Waals surface area contributed by atoms with Gasteiger partial charge in [-0.25, -0.2) is 0 Å². The van der Waals surface area contributed by atoms with Gasteiger partial charge in [-0.05, 0) is 43.2 Å². The summed E-state index contributed by atoms with van der Waals surface area (Å²) in [6, 6.07) is 0. The maximum absolute atomic E-state index is 10.4. The molecule has 1 fully saturated rings. The molecule has 0 amide bonds. The minimum absolute atomic E-state index is 0.318. The predicted molar refractivity (Wildman–Crippen MR) is 59.0 cm³/mol. The van der Waals surface area contributed by atoms with Crippen LogP contribution in [0.3, 0.4) is 0 Å². The molecule has 0 aliphatic carbocycles. The van der Waals surface area contributed by atoms with Crippen LogP contribution in [-0.2, 0) is 0 Å². The van der Waals surface area contributed by atoms with Crippen molar-refractivity contribution in [1.82, 2.24) is 0 Å². The zero-order valence-corrected chi connectivity index (χ0v) is 9.28. The van der Waals surface area contributed by atoms with Gasteiger partial charge >= 0.3 is 0 Å². The topological polar surface area (TPSA) is 46.2 Å². The lowest BCUT2D eigenvalue weighted by Gasteiger charge is -2.38. The molecule has 0 aromatic carbocycles. The van der Waals surface area contributed by atoms with Crippen LogP contribution in [0, 0.1) is 5.92 Å². The summed E-state index contributed by atoms with van der Waals surface area (Å²) in [5, 5.41) is 10.4. The van der Waals surface area contributed by atoms with E-state index in [4.69, 9.17) is 5.73 Å². The quantitative estimate of drug-likeness (QED) is 0.730. The molecule has 0 aromatic heterocycles. The monoisotopic (exact) mass is 203 g/mol. The van der Waals surface area contributed by atoms with Crippen LogP contribution in [0.25, 0.3) is 0 Å². The summed E-state index contributed by atoms with van der Waals surface area (Å²) >= 11 is 1.94. The van der Waals surface area contributed by atoms with Gasteiger partial charge in [-0.3, -0.25) is 0 Å². The Morgan fingerprint density at radius 2 is 2.08 bits per heavy atom. The second kappa shape index (κ2) is 5.23. The number of nitrogens with two attached hydrogens (primary N) is 1. The van der Waals surface area contributed by atoms with Crippen LogP contribution in [0.4, 0.5) is 0 Å². The number of rotatable bonds is 4. The summed E-state index contributed by atoms with van der Waals surface area (Å²) in [6.07, 6.45) is 4.05. The van der Waals surface area contributed by atoms with Gasteiger partial charge in [0.15, 0.2) is 0 Å². The van der Waals surface area contributed by atoms with E-state index in [0.717, 1.165) is 37.2 Å². The first-order valence-corrected chi connectivity index (χ1v) is 6.38. The van der Waals surface area contributed by atoms with Gasteiger partial charge in [0.1, 0.15) is 0 Å². The summed E-state index contributed by atoms with van der Waals surface area (Å²) in [4.78, 5) is 0. The van der Waals surface area contributed by atoms with Crippen molar-refractivity contribution < 1.29 is 5.11 Å². The van der Waals surface area contributed by atoms with E-state index in [-0.39, 0.29) is 0 Å². The van der Waals surface area contributed by atoms with Crippen molar-refractivity contribution in [3.63, 3.8) is 0 Å². The Balaban J connectivity index is 2.52. The first kappa shape index (κ1) is 11.3. The largest absolute Gasteiger partial charge is 0.389 e. The lowest BCUT2D eigenvalue weighted by Crippen LogP contribution is -2.44. The van der Waals surface area contributed by atoms with Gasteiger partial charge in [-0.15, -0.1) is 0 Å². The molecule has 3 N–H and O–H groups in total. The van der Waals surface area contributed by atoms with E-state index in [1.54, 1.807) is 0 Å². The minimum Gasteiger partial charge on any atom is -0.389 e. The Morgan fingerprint density at radius 1 is 1.46 bits per heavy atom. The van der Waals surface area contributed by atoms with E-state index >= 15 is 0 Å². The van der Waals surface area contributed by atoms with E-state index in [2.05, 4.69) is 6.92 Å². The molecule has 0 aromatic rings. The van der Waals surface area contributed by atoms with Crippen LogP contribution in [0.15, 0.2) is 0 Å². The van der Waals surface area contributed by atoms with Crippen molar-refractivity contribution in [3.8, 4) is 0 Å². The zero-order chi connectivity index (χ0) is 9.73. The highest BCUT2D eigenvalue weighted by Crippen LogP contribution is 2.34. The normalized spacial score (nSPS) is 24.2. The maximum atomic E-state index is 10.4. The molecule has 0 spiro atoms. The standard InChI is InChI=1S/C10H21NOS/c1-2-3-9(8-11)10(12)4-6-13-7-5-10/h9,12H,2-8,11H2,1H3. The van der Waals surface area contributed by atoms with Crippen LogP contribution in [0.1, 0.15) is 32.6 Å². The molecule has 1 aliphatic rings. The number of aliphatic hydroxyl groups is 1. The van der Waals surface area contributed by atoms with Crippen LogP contribution >= 0.6 is 11.8 Å². The Hall–Kier alpha value is 0.270. The lowest BCUT2D eigenvalue weighted by molar-refractivity contribution is -0.0260. The highest BCUT2D eigenvalue weighted by molar-refractivity contribution is 7.99. The van der Waals surface area contributed by atoms with Crippen molar-refractivity contribution in [1.29, 1.82) is 0 Å². The second-order valence-electron chi connectivity index (χ2n) is 3.94. The van der Waals surface area contributed by atoms with Gasteiger partial charge in [0.25, 0.3) is 0 Å². The molecule has 1 unspecified atom stereocenters. The fourth-order valence-electron chi connectivity index (χ4n) is 2.09. The molecule has 1 rings (SSSR count). The summed E-state index contributed by atoms with van der Waals surface area (Å²) in [5.74, 6) is 2.51. The van der Waals surface area contributed by atoms with Crippen LogP contribution < -0.4 is 5.73 Å². The van der Waals surface area contributed by atoms with Gasteiger partial charge in [0.05, 0.1) is 5.60 Å². The van der Waals surface area contributed by atoms with Gasteiger partial charge in [0, 0.05) is 0 Å². The third kappa shape index (κ3) is 2.86. The molecule has 1 atom stereocenters. The molecule has 1 heterocycles. The number of hydrogen-bond donors (Lipinski definition) is 2. The summed E-state index contributed by atoms with van der Waals surface area (Å²) < 4.78 is 0. The smallest absolute Gasteiger partial charge is 0.0703 e. The van der Waals surface area contributed by atoms with Crippen molar-refractivity contribution in [2.75, 3.05) is 18.1 Å². The Labute approximate surface area is 85.3 Å². The maximum Gasteiger partial charge on any atom is 0.0703 e. The zero-order valence-electron chi connectivity index (χ0n) is 8.46. The molecule has 0 saturated carbocycles. The van der Waals surface area contributed by atoms with Crippen molar-refractivity contribution in [2.24, 2.45) is 11.7 Å². The summed E-state index contributed by atoms with van der Waals surface area (Å²) in [6.45, 7) is 2.79. The van der Waals surface area contributed by atoms with E-state index in [9.17, 15) is 5.11 Å². The van der Waals surface area contributed by atoms with Gasteiger partial charge in [-0.1, -0.05) is 13.3 Å². The van der Waals surface area contributed by atoms with Crippen LogP contribution in [0.5, 0.6) is 0 Å². The molecule has 0 bridgehead atoms. The third-order valence-corrected chi connectivity index (χ3v) is 4.03. The summed E-state index contributed by atoms with van der Waals surface area (Å²) in [7, 11) is 0. The van der Waals surface area contributed by atoms with Crippen LogP contribution in [-0.4, -0.2) is 28.8 Å². The Bertz CT molecular complexity index is 146. The van der Waals surface area contributed by atoms with E-state index in [1.165, 1.54) is 0 Å². The highest BCUT2D eigenvalue weighted by Gasteiger charge is 2.36. The predicted octanol–water partition coefficient (Wildman–Crippen LogP) is 1.62. The van der Waals surface area contributed by atoms with Gasteiger partial charge in [0.2, 0.25) is 0 Å². The Kier molecular flexibility index (Phi) is 4.56.